The fraction of sp³-hybridized carbons (Fsp3) is 0.438. The summed E-state index contributed by atoms with van der Waals surface area (Å²) in [5.74, 6) is 1.08. The minimum atomic E-state index is 0.0466. The van der Waals surface area contributed by atoms with E-state index in [1.807, 2.05) is 18.3 Å². The molecule has 2 aromatic rings. The van der Waals surface area contributed by atoms with Gasteiger partial charge in [0.2, 0.25) is 0 Å². The van der Waals surface area contributed by atoms with Crippen LogP contribution in [-0.2, 0) is 6.61 Å². The van der Waals surface area contributed by atoms with Crippen LogP contribution in [-0.4, -0.2) is 22.7 Å². The van der Waals surface area contributed by atoms with E-state index in [0.717, 1.165) is 35.1 Å². The maximum absolute atomic E-state index is 9.44. The van der Waals surface area contributed by atoms with Gasteiger partial charge in [0.05, 0.1) is 6.61 Å². The number of aromatic nitrogens is 1. The lowest BCUT2D eigenvalue weighted by Gasteiger charge is -2.24. The maximum atomic E-state index is 9.44. The highest BCUT2D eigenvalue weighted by Gasteiger charge is 2.30. The Morgan fingerprint density at radius 1 is 1.26 bits per heavy atom. The predicted octanol–water partition coefficient (Wildman–Crippen LogP) is 3.11. The quantitative estimate of drug-likeness (QED) is 0.893. The zero-order chi connectivity index (χ0) is 13.2. The summed E-state index contributed by atoms with van der Waals surface area (Å²) in [6.07, 6.45) is 5.51. The molecule has 0 unspecified atom stereocenters. The van der Waals surface area contributed by atoms with Crippen LogP contribution in [0.25, 0.3) is 10.8 Å². The summed E-state index contributed by atoms with van der Waals surface area (Å²) >= 11 is 0. The van der Waals surface area contributed by atoms with Crippen molar-refractivity contribution >= 4 is 16.6 Å². The number of aliphatic hydroxyl groups excluding tert-OH is 1. The van der Waals surface area contributed by atoms with Gasteiger partial charge in [-0.3, -0.25) is 0 Å². The topological polar surface area (TPSA) is 36.4 Å². The highest BCUT2D eigenvalue weighted by atomic mass is 16.3. The second kappa shape index (κ2) is 5.17. The molecule has 1 heterocycles. The van der Waals surface area contributed by atoms with Crippen LogP contribution in [0.4, 0.5) is 5.82 Å². The Balaban J connectivity index is 2.12. The van der Waals surface area contributed by atoms with Crippen LogP contribution in [0, 0.1) is 0 Å². The fourth-order valence-corrected chi connectivity index (χ4v) is 2.68. The number of hydrogen-bond acceptors (Lipinski definition) is 3. The molecule has 0 radical (unpaired) electrons. The predicted molar refractivity (Wildman–Crippen MR) is 78.3 cm³/mol. The van der Waals surface area contributed by atoms with Crippen LogP contribution < -0.4 is 4.90 Å². The standard InChI is InChI=1S/C16H20N2O/c1-2-9-18(13-7-8-13)16-15-6-4-3-5-14(15)12(11-19)10-17-16/h3-6,10,13,19H,2,7-9,11H2,1H3. The van der Waals surface area contributed by atoms with Crippen molar-refractivity contribution in [2.75, 3.05) is 11.4 Å². The van der Waals surface area contributed by atoms with Crippen molar-refractivity contribution in [1.82, 2.24) is 4.98 Å². The van der Waals surface area contributed by atoms with Gasteiger partial charge in [-0.1, -0.05) is 31.2 Å². The molecule has 0 spiro atoms. The fourth-order valence-electron chi connectivity index (χ4n) is 2.68. The summed E-state index contributed by atoms with van der Waals surface area (Å²) < 4.78 is 0. The summed E-state index contributed by atoms with van der Waals surface area (Å²) in [5.41, 5.74) is 0.909. The Kier molecular flexibility index (Phi) is 3.38. The third kappa shape index (κ3) is 2.30. The average Bonchev–Trinajstić information content (AvgIpc) is 3.28. The van der Waals surface area contributed by atoms with Gasteiger partial charge >= 0.3 is 0 Å². The summed E-state index contributed by atoms with van der Waals surface area (Å²) in [6, 6.07) is 8.92. The van der Waals surface area contributed by atoms with E-state index in [1.165, 1.54) is 12.8 Å². The molecule has 1 aliphatic carbocycles. The number of aliphatic hydroxyl groups is 1. The normalized spacial score (nSPS) is 14.8. The minimum Gasteiger partial charge on any atom is -0.392 e. The molecule has 100 valence electrons. The minimum absolute atomic E-state index is 0.0466. The summed E-state index contributed by atoms with van der Waals surface area (Å²) in [6.45, 7) is 3.31. The van der Waals surface area contributed by atoms with Gasteiger partial charge in [0.25, 0.3) is 0 Å². The van der Waals surface area contributed by atoms with Crippen molar-refractivity contribution in [1.29, 1.82) is 0 Å². The Labute approximate surface area is 113 Å². The Bertz CT molecular complexity index is 578. The lowest BCUT2D eigenvalue weighted by atomic mass is 10.1. The van der Waals surface area contributed by atoms with Gasteiger partial charge < -0.3 is 10.0 Å². The first kappa shape index (κ1) is 12.4. The van der Waals surface area contributed by atoms with Gasteiger partial charge in [-0.05, 0) is 24.6 Å². The van der Waals surface area contributed by atoms with E-state index in [-0.39, 0.29) is 6.61 Å². The maximum Gasteiger partial charge on any atom is 0.136 e. The van der Waals surface area contributed by atoms with Gasteiger partial charge in [0.1, 0.15) is 5.82 Å². The number of rotatable bonds is 5. The summed E-state index contributed by atoms with van der Waals surface area (Å²) in [5, 5.41) is 11.7. The van der Waals surface area contributed by atoms with Crippen LogP contribution >= 0.6 is 0 Å². The lowest BCUT2D eigenvalue weighted by Crippen LogP contribution is -2.27. The number of hydrogen-bond donors (Lipinski definition) is 1. The van der Waals surface area contributed by atoms with Crippen LogP contribution in [0.15, 0.2) is 30.5 Å². The van der Waals surface area contributed by atoms with Crippen LogP contribution in [0.1, 0.15) is 31.7 Å². The van der Waals surface area contributed by atoms with E-state index in [2.05, 4.69) is 28.9 Å². The molecular weight excluding hydrogens is 236 g/mol. The molecule has 1 N–H and O–H groups in total. The van der Waals surface area contributed by atoms with E-state index < -0.39 is 0 Å². The van der Waals surface area contributed by atoms with Gasteiger partial charge in [-0.15, -0.1) is 0 Å². The Morgan fingerprint density at radius 2 is 2.00 bits per heavy atom. The first-order valence-corrected chi connectivity index (χ1v) is 7.09. The lowest BCUT2D eigenvalue weighted by molar-refractivity contribution is 0.283. The van der Waals surface area contributed by atoms with Crippen molar-refractivity contribution in [2.24, 2.45) is 0 Å². The molecule has 0 aliphatic heterocycles. The molecule has 3 heteroatoms. The molecule has 19 heavy (non-hydrogen) atoms. The number of benzene rings is 1. The van der Waals surface area contributed by atoms with Gasteiger partial charge in [-0.2, -0.15) is 0 Å². The molecule has 1 aliphatic rings. The first-order chi connectivity index (χ1) is 9.35. The van der Waals surface area contributed by atoms with E-state index in [9.17, 15) is 5.11 Å². The molecule has 1 aromatic heterocycles. The highest BCUT2D eigenvalue weighted by Crippen LogP contribution is 2.35. The number of anilines is 1. The van der Waals surface area contributed by atoms with Crippen molar-refractivity contribution in [3.05, 3.63) is 36.0 Å². The van der Waals surface area contributed by atoms with Crippen molar-refractivity contribution in [3.63, 3.8) is 0 Å². The molecule has 3 rings (SSSR count). The van der Waals surface area contributed by atoms with Crippen molar-refractivity contribution in [3.8, 4) is 0 Å². The monoisotopic (exact) mass is 256 g/mol. The van der Waals surface area contributed by atoms with E-state index >= 15 is 0 Å². The van der Waals surface area contributed by atoms with Crippen LogP contribution in [0.5, 0.6) is 0 Å². The van der Waals surface area contributed by atoms with E-state index in [1.54, 1.807) is 0 Å². The van der Waals surface area contributed by atoms with Crippen LogP contribution in [0.3, 0.4) is 0 Å². The highest BCUT2D eigenvalue weighted by molar-refractivity contribution is 5.94. The van der Waals surface area contributed by atoms with Gasteiger partial charge in [-0.25, -0.2) is 4.98 Å². The Hall–Kier alpha value is -1.61. The second-order valence-corrected chi connectivity index (χ2v) is 5.24. The molecule has 1 aromatic carbocycles. The smallest absolute Gasteiger partial charge is 0.136 e. The molecular formula is C16H20N2O. The summed E-state index contributed by atoms with van der Waals surface area (Å²) in [4.78, 5) is 7.06. The zero-order valence-corrected chi connectivity index (χ0v) is 11.3. The third-order valence-electron chi connectivity index (χ3n) is 3.75. The number of pyridine rings is 1. The number of fused-ring (bicyclic) bond motifs is 1. The van der Waals surface area contributed by atoms with Crippen molar-refractivity contribution < 1.29 is 5.11 Å². The molecule has 3 nitrogen and oxygen atoms in total. The van der Waals surface area contributed by atoms with Gasteiger partial charge in [0, 0.05) is 29.7 Å². The second-order valence-electron chi connectivity index (χ2n) is 5.24. The molecule has 0 saturated heterocycles. The molecule has 0 atom stereocenters. The van der Waals surface area contributed by atoms with Crippen molar-refractivity contribution in [2.45, 2.75) is 38.8 Å². The number of nitrogens with zero attached hydrogens (tertiary/aromatic N) is 2. The van der Waals surface area contributed by atoms with Crippen LogP contribution in [0.2, 0.25) is 0 Å². The third-order valence-corrected chi connectivity index (χ3v) is 3.75. The first-order valence-electron chi connectivity index (χ1n) is 7.09. The average molecular weight is 256 g/mol. The zero-order valence-electron chi connectivity index (χ0n) is 11.3. The molecule has 0 bridgehead atoms. The SMILES string of the molecule is CCCN(c1ncc(CO)c2ccccc12)C1CC1. The largest absolute Gasteiger partial charge is 0.392 e. The summed E-state index contributed by atoms with van der Waals surface area (Å²) in [7, 11) is 0. The molecule has 0 amide bonds. The molecule has 1 fully saturated rings. The van der Waals surface area contributed by atoms with Gasteiger partial charge in [0.15, 0.2) is 0 Å². The Morgan fingerprint density at radius 3 is 2.63 bits per heavy atom. The van der Waals surface area contributed by atoms with E-state index in [4.69, 9.17) is 0 Å². The van der Waals surface area contributed by atoms with E-state index in [0.29, 0.717) is 6.04 Å². The molecule has 1 saturated carbocycles.